The summed E-state index contributed by atoms with van der Waals surface area (Å²) >= 11 is 0. The number of carbonyl (C=O) groups excluding carboxylic acids is 2. The fourth-order valence-corrected chi connectivity index (χ4v) is 3.33. The number of nitrogens with one attached hydrogen (secondary N) is 1. The van der Waals surface area contributed by atoms with Gasteiger partial charge in [-0.05, 0) is 51.7 Å². The van der Waals surface area contributed by atoms with Gasteiger partial charge in [-0.15, -0.1) is 0 Å². The molecule has 5 nitrogen and oxygen atoms in total. The molecule has 126 valence electrons. The van der Waals surface area contributed by atoms with E-state index in [1.54, 1.807) is 4.90 Å². The summed E-state index contributed by atoms with van der Waals surface area (Å²) < 4.78 is 0. The second-order valence-electron chi connectivity index (χ2n) is 6.59. The van der Waals surface area contributed by atoms with Crippen molar-refractivity contribution in [2.45, 2.75) is 57.8 Å². The first-order valence-corrected chi connectivity index (χ1v) is 9.02. The highest BCUT2D eigenvalue weighted by Gasteiger charge is 2.18. The molecule has 0 unspecified atom stereocenters. The highest BCUT2D eigenvalue weighted by atomic mass is 16.2. The zero-order valence-corrected chi connectivity index (χ0v) is 13.8. The summed E-state index contributed by atoms with van der Waals surface area (Å²) in [6.07, 6.45) is 10.0. The van der Waals surface area contributed by atoms with Crippen LogP contribution in [-0.2, 0) is 9.59 Å². The number of carbonyl (C=O) groups is 2. The van der Waals surface area contributed by atoms with Crippen LogP contribution >= 0.6 is 0 Å². The second kappa shape index (κ2) is 9.82. The van der Waals surface area contributed by atoms with Crippen molar-refractivity contribution in [2.24, 2.45) is 0 Å². The van der Waals surface area contributed by atoms with Crippen molar-refractivity contribution in [1.29, 1.82) is 0 Å². The van der Waals surface area contributed by atoms with E-state index in [1.807, 2.05) is 0 Å². The highest BCUT2D eigenvalue weighted by molar-refractivity contribution is 5.84. The van der Waals surface area contributed by atoms with Crippen molar-refractivity contribution >= 4 is 11.8 Å². The van der Waals surface area contributed by atoms with E-state index in [9.17, 15) is 9.59 Å². The van der Waals surface area contributed by atoms with Crippen LogP contribution in [0.25, 0.3) is 0 Å². The molecule has 0 aromatic heterocycles. The molecule has 2 rings (SSSR count). The Balaban J connectivity index is 1.57. The molecule has 0 aromatic carbocycles. The SMILES string of the molecule is O=C(CN1CCCCCC1=O)NCCCN1CCCCCC1. The number of amides is 2. The summed E-state index contributed by atoms with van der Waals surface area (Å²) in [4.78, 5) is 28.0. The summed E-state index contributed by atoms with van der Waals surface area (Å²) in [5, 5.41) is 2.97. The molecule has 0 radical (unpaired) electrons. The fraction of sp³-hybridized carbons (Fsp3) is 0.882. The Hall–Kier alpha value is -1.10. The first kappa shape index (κ1) is 17.3. The monoisotopic (exact) mass is 309 g/mol. The topological polar surface area (TPSA) is 52.7 Å². The van der Waals surface area contributed by atoms with Gasteiger partial charge in [-0.25, -0.2) is 0 Å². The van der Waals surface area contributed by atoms with E-state index in [2.05, 4.69) is 10.2 Å². The van der Waals surface area contributed by atoms with Crippen LogP contribution in [0, 0.1) is 0 Å². The average Bonchev–Trinajstić information content (AvgIpc) is 2.88. The lowest BCUT2D eigenvalue weighted by molar-refractivity contribution is -0.135. The maximum Gasteiger partial charge on any atom is 0.239 e. The molecule has 22 heavy (non-hydrogen) atoms. The van der Waals surface area contributed by atoms with Crippen LogP contribution in [0.1, 0.15) is 57.8 Å². The maximum absolute atomic E-state index is 12.0. The summed E-state index contributed by atoms with van der Waals surface area (Å²) in [6, 6.07) is 0. The molecule has 0 spiro atoms. The van der Waals surface area contributed by atoms with E-state index >= 15 is 0 Å². The predicted octanol–water partition coefficient (Wildman–Crippen LogP) is 1.77. The molecule has 0 atom stereocenters. The van der Waals surface area contributed by atoms with Crippen molar-refractivity contribution in [2.75, 3.05) is 39.3 Å². The van der Waals surface area contributed by atoms with Crippen molar-refractivity contribution < 1.29 is 9.59 Å². The molecular formula is C17H31N3O2. The molecule has 2 aliphatic rings. The Bertz CT molecular complexity index is 352. The van der Waals surface area contributed by atoms with Gasteiger partial charge in [0, 0.05) is 19.5 Å². The van der Waals surface area contributed by atoms with Gasteiger partial charge in [-0.2, -0.15) is 0 Å². The second-order valence-corrected chi connectivity index (χ2v) is 6.59. The van der Waals surface area contributed by atoms with Gasteiger partial charge in [0.05, 0.1) is 6.54 Å². The molecule has 2 amide bonds. The van der Waals surface area contributed by atoms with Gasteiger partial charge in [0.15, 0.2) is 0 Å². The first-order chi connectivity index (χ1) is 10.8. The Morgan fingerprint density at radius 2 is 1.64 bits per heavy atom. The van der Waals surface area contributed by atoms with E-state index in [4.69, 9.17) is 0 Å². The van der Waals surface area contributed by atoms with E-state index in [1.165, 1.54) is 38.8 Å². The molecule has 1 N–H and O–H groups in total. The predicted molar refractivity (Wildman–Crippen MR) is 87.6 cm³/mol. The van der Waals surface area contributed by atoms with Gasteiger partial charge >= 0.3 is 0 Å². The summed E-state index contributed by atoms with van der Waals surface area (Å²) in [5.41, 5.74) is 0. The minimum absolute atomic E-state index is 0.00823. The van der Waals surface area contributed by atoms with Gasteiger partial charge in [-0.1, -0.05) is 19.3 Å². The van der Waals surface area contributed by atoms with Crippen molar-refractivity contribution in [3.63, 3.8) is 0 Å². The molecule has 0 aromatic rings. The van der Waals surface area contributed by atoms with Gasteiger partial charge in [0.1, 0.15) is 0 Å². The zero-order valence-electron chi connectivity index (χ0n) is 13.8. The van der Waals surface area contributed by atoms with Gasteiger partial charge < -0.3 is 15.1 Å². The lowest BCUT2D eigenvalue weighted by Crippen LogP contribution is -2.41. The summed E-state index contributed by atoms with van der Waals surface area (Å²) in [5.74, 6) is 0.128. The van der Waals surface area contributed by atoms with Crippen LogP contribution in [0.4, 0.5) is 0 Å². The molecule has 0 aliphatic carbocycles. The van der Waals surface area contributed by atoms with Crippen molar-refractivity contribution in [1.82, 2.24) is 15.1 Å². The third-order valence-corrected chi connectivity index (χ3v) is 4.68. The lowest BCUT2D eigenvalue weighted by atomic mass is 10.2. The molecule has 0 bridgehead atoms. The Kier molecular flexibility index (Phi) is 7.71. The fourth-order valence-electron chi connectivity index (χ4n) is 3.33. The molecular weight excluding hydrogens is 278 g/mol. The van der Waals surface area contributed by atoms with Crippen LogP contribution < -0.4 is 5.32 Å². The largest absolute Gasteiger partial charge is 0.355 e. The number of hydrogen-bond acceptors (Lipinski definition) is 3. The van der Waals surface area contributed by atoms with Crippen molar-refractivity contribution in [3.8, 4) is 0 Å². The summed E-state index contributed by atoms with van der Waals surface area (Å²) in [6.45, 7) is 5.18. The summed E-state index contributed by atoms with van der Waals surface area (Å²) in [7, 11) is 0. The standard InChI is InChI=1S/C17H31N3O2/c21-16(15-20-14-7-3-4-9-17(20)22)18-10-8-13-19-11-5-1-2-6-12-19/h1-15H2,(H,18,21). The third kappa shape index (κ3) is 6.34. The minimum Gasteiger partial charge on any atom is -0.355 e. The van der Waals surface area contributed by atoms with Gasteiger partial charge in [0.25, 0.3) is 0 Å². The van der Waals surface area contributed by atoms with Gasteiger partial charge in [0.2, 0.25) is 11.8 Å². The van der Waals surface area contributed by atoms with E-state index in [0.717, 1.165) is 45.3 Å². The van der Waals surface area contributed by atoms with Crippen LogP contribution in [0.2, 0.25) is 0 Å². The van der Waals surface area contributed by atoms with Crippen LogP contribution in [0.3, 0.4) is 0 Å². The highest BCUT2D eigenvalue weighted by Crippen LogP contribution is 2.11. The van der Waals surface area contributed by atoms with E-state index in [0.29, 0.717) is 6.42 Å². The molecule has 2 fully saturated rings. The average molecular weight is 309 g/mol. The zero-order chi connectivity index (χ0) is 15.6. The molecule has 5 heteroatoms. The van der Waals surface area contributed by atoms with E-state index in [-0.39, 0.29) is 18.4 Å². The Morgan fingerprint density at radius 3 is 2.41 bits per heavy atom. The molecule has 2 heterocycles. The molecule has 0 saturated carbocycles. The van der Waals surface area contributed by atoms with E-state index < -0.39 is 0 Å². The van der Waals surface area contributed by atoms with Crippen molar-refractivity contribution in [3.05, 3.63) is 0 Å². The third-order valence-electron chi connectivity index (χ3n) is 4.68. The number of nitrogens with zero attached hydrogens (tertiary/aromatic N) is 2. The Labute approximate surface area is 134 Å². The molecule has 2 saturated heterocycles. The smallest absolute Gasteiger partial charge is 0.239 e. The quantitative estimate of drug-likeness (QED) is 0.761. The first-order valence-electron chi connectivity index (χ1n) is 9.02. The van der Waals surface area contributed by atoms with Crippen LogP contribution in [0.15, 0.2) is 0 Å². The lowest BCUT2D eigenvalue weighted by Gasteiger charge is -2.21. The molecule has 2 aliphatic heterocycles. The number of likely N-dealkylation sites (tertiary alicyclic amines) is 2. The normalized spacial score (nSPS) is 21.3. The number of rotatable bonds is 6. The maximum atomic E-state index is 12.0. The Morgan fingerprint density at radius 1 is 0.955 bits per heavy atom. The van der Waals surface area contributed by atoms with Crippen LogP contribution in [0.5, 0.6) is 0 Å². The number of hydrogen-bond donors (Lipinski definition) is 1. The van der Waals surface area contributed by atoms with Gasteiger partial charge in [-0.3, -0.25) is 9.59 Å². The van der Waals surface area contributed by atoms with Crippen LogP contribution in [-0.4, -0.2) is 60.9 Å². The minimum atomic E-state index is -0.00823.